The Morgan fingerprint density at radius 2 is 1.82 bits per heavy atom. The zero-order chi connectivity index (χ0) is 15.9. The van der Waals surface area contributed by atoms with Gasteiger partial charge in [-0.1, -0.05) is 28.1 Å². The number of hydrogen-bond donors (Lipinski definition) is 2. The van der Waals surface area contributed by atoms with Crippen LogP contribution in [0.1, 0.15) is 12.5 Å². The van der Waals surface area contributed by atoms with Crippen LogP contribution in [-0.4, -0.2) is 18.2 Å². The predicted molar refractivity (Wildman–Crippen MR) is 89.4 cm³/mol. The molecule has 0 aliphatic rings. The Balaban J connectivity index is 1.85. The van der Waals surface area contributed by atoms with E-state index in [1.54, 1.807) is 19.1 Å². The highest BCUT2D eigenvalue weighted by Gasteiger charge is 2.11. The summed E-state index contributed by atoms with van der Waals surface area (Å²) >= 11 is 3.35. The summed E-state index contributed by atoms with van der Waals surface area (Å²) in [5.41, 5.74) is 3.99. The van der Waals surface area contributed by atoms with Gasteiger partial charge in [-0.3, -0.25) is 4.79 Å². The molecule has 0 spiro atoms. The Labute approximate surface area is 136 Å². The van der Waals surface area contributed by atoms with Crippen LogP contribution in [0.3, 0.4) is 0 Å². The normalized spacial score (nSPS) is 12.1. The molecule has 6 heteroatoms. The fourth-order valence-corrected chi connectivity index (χ4v) is 1.94. The summed E-state index contributed by atoms with van der Waals surface area (Å²) in [6.07, 6.45) is 1.46. The van der Waals surface area contributed by atoms with Crippen LogP contribution in [0.15, 0.2) is 58.1 Å². The number of nitrogens with zero attached hydrogens (tertiary/aromatic N) is 1. The number of carbonyl (C=O) groups is 1. The number of hydrazone groups is 1. The van der Waals surface area contributed by atoms with E-state index in [-0.39, 0.29) is 11.7 Å². The van der Waals surface area contributed by atoms with Crippen molar-refractivity contribution in [2.24, 2.45) is 5.10 Å². The van der Waals surface area contributed by atoms with Crippen molar-refractivity contribution in [3.05, 3.63) is 64.4 Å². The Kier molecular flexibility index (Phi) is 5.66. The van der Waals surface area contributed by atoms with Crippen molar-refractivity contribution in [1.29, 1.82) is 0 Å². The first kappa shape index (κ1) is 16.2. The zero-order valence-corrected chi connectivity index (χ0v) is 13.5. The van der Waals surface area contributed by atoms with E-state index >= 15 is 0 Å². The predicted octanol–water partition coefficient (Wildman–Crippen LogP) is 3.54. The van der Waals surface area contributed by atoms with E-state index in [0.29, 0.717) is 5.56 Å². The maximum atomic E-state index is 12.7. The van der Waals surface area contributed by atoms with E-state index in [2.05, 4.69) is 31.8 Å². The molecule has 1 atom stereocenters. The average Bonchev–Trinajstić information content (AvgIpc) is 2.51. The number of nitrogens with one attached hydrogen (secondary N) is 2. The molecule has 2 N–H and O–H groups in total. The molecule has 2 aromatic carbocycles. The quantitative estimate of drug-likeness (QED) is 0.630. The van der Waals surface area contributed by atoms with Gasteiger partial charge < -0.3 is 5.32 Å². The Bertz CT molecular complexity index is 656. The molecule has 0 saturated heterocycles. The monoisotopic (exact) mass is 363 g/mol. The standard InChI is InChI=1S/C16H15BrFN3O/c1-11(20-15-8-4-13(17)5-9-15)16(22)21-19-10-12-2-6-14(18)7-3-12/h2-11,20H,1H3,(H,21,22)/b19-10+. The minimum Gasteiger partial charge on any atom is -0.374 e. The van der Waals surface area contributed by atoms with Crippen LogP contribution in [0.4, 0.5) is 10.1 Å². The van der Waals surface area contributed by atoms with Crippen molar-refractivity contribution in [3.8, 4) is 0 Å². The van der Waals surface area contributed by atoms with Crippen LogP contribution in [0, 0.1) is 5.82 Å². The molecule has 22 heavy (non-hydrogen) atoms. The van der Waals surface area contributed by atoms with E-state index in [1.807, 2.05) is 24.3 Å². The lowest BCUT2D eigenvalue weighted by atomic mass is 10.2. The summed E-state index contributed by atoms with van der Waals surface area (Å²) in [6.45, 7) is 1.74. The molecule has 0 aliphatic carbocycles. The fourth-order valence-electron chi connectivity index (χ4n) is 1.68. The van der Waals surface area contributed by atoms with E-state index in [1.165, 1.54) is 18.3 Å². The van der Waals surface area contributed by atoms with Gasteiger partial charge >= 0.3 is 0 Å². The molecule has 0 heterocycles. The van der Waals surface area contributed by atoms with Gasteiger partial charge in [0.05, 0.1) is 6.21 Å². The van der Waals surface area contributed by atoms with E-state index < -0.39 is 6.04 Å². The molecule has 0 fully saturated rings. The molecule has 4 nitrogen and oxygen atoms in total. The number of hydrogen-bond acceptors (Lipinski definition) is 3. The third-order valence-corrected chi connectivity index (χ3v) is 3.41. The van der Waals surface area contributed by atoms with Crippen molar-refractivity contribution in [1.82, 2.24) is 5.43 Å². The summed E-state index contributed by atoms with van der Waals surface area (Å²) in [5, 5.41) is 6.92. The second-order valence-electron chi connectivity index (χ2n) is 4.66. The molecule has 0 bridgehead atoms. The largest absolute Gasteiger partial charge is 0.374 e. The SMILES string of the molecule is CC(Nc1ccc(Br)cc1)C(=O)N/N=C/c1ccc(F)cc1. The molecule has 0 aromatic heterocycles. The topological polar surface area (TPSA) is 53.5 Å². The second-order valence-corrected chi connectivity index (χ2v) is 5.57. The third kappa shape index (κ3) is 4.96. The Morgan fingerprint density at radius 3 is 2.45 bits per heavy atom. The van der Waals surface area contributed by atoms with Gasteiger partial charge in [-0.25, -0.2) is 9.82 Å². The number of anilines is 1. The molecule has 2 aromatic rings. The number of halogens is 2. The number of benzene rings is 2. The third-order valence-electron chi connectivity index (χ3n) is 2.88. The highest BCUT2D eigenvalue weighted by Crippen LogP contribution is 2.14. The van der Waals surface area contributed by atoms with E-state index in [9.17, 15) is 9.18 Å². The molecule has 114 valence electrons. The van der Waals surface area contributed by atoms with Crippen molar-refractivity contribution < 1.29 is 9.18 Å². The number of rotatable bonds is 5. The van der Waals surface area contributed by atoms with Crippen LogP contribution < -0.4 is 10.7 Å². The molecular weight excluding hydrogens is 349 g/mol. The number of amides is 1. The van der Waals surface area contributed by atoms with Gasteiger partial charge in [0.1, 0.15) is 11.9 Å². The smallest absolute Gasteiger partial charge is 0.262 e. The van der Waals surface area contributed by atoms with Gasteiger partial charge in [0.2, 0.25) is 0 Å². The van der Waals surface area contributed by atoms with Gasteiger partial charge in [0.25, 0.3) is 5.91 Å². The summed E-state index contributed by atoms with van der Waals surface area (Å²) in [4.78, 5) is 11.9. The van der Waals surface area contributed by atoms with Crippen LogP contribution in [-0.2, 0) is 4.79 Å². The summed E-state index contributed by atoms with van der Waals surface area (Å²) in [6, 6.07) is 12.9. The summed E-state index contributed by atoms with van der Waals surface area (Å²) in [5.74, 6) is -0.574. The first-order valence-corrected chi connectivity index (χ1v) is 7.44. The van der Waals surface area contributed by atoms with Crippen molar-refractivity contribution in [3.63, 3.8) is 0 Å². The first-order valence-electron chi connectivity index (χ1n) is 6.65. The van der Waals surface area contributed by atoms with Gasteiger partial charge in [-0.15, -0.1) is 0 Å². The molecule has 0 radical (unpaired) electrons. The van der Waals surface area contributed by atoms with Crippen LogP contribution >= 0.6 is 15.9 Å². The van der Waals surface area contributed by atoms with Crippen molar-refractivity contribution in [2.45, 2.75) is 13.0 Å². The molecule has 0 aliphatic heterocycles. The Hall–Kier alpha value is -2.21. The van der Waals surface area contributed by atoms with Gasteiger partial charge in [-0.2, -0.15) is 5.10 Å². The molecular formula is C16H15BrFN3O. The summed E-state index contributed by atoms with van der Waals surface area (Å²) < 4.78 is 13.7. The maximum absolute atomic E-state index is 12.7. The number of carbonyl (C=O) groups excluding carboxylic acids is 1. The Morgan fingerprint density at radius 1 is 1.18 bits per heavy atom. The van der Waals surface area contributed by atoms with Gasteiger partial charge in [0, 0.05) is 10.2 Å². The first-order chi connectivity index (χ1) is 10.5. The van der Waals surface area contributed by atoms with E-state index in [4.69, 9.17) is 0 Å². The van der Waals surface area contributed by atoms with Crippen molar-refractivity contribution >= 4 is 33.7 Å². The lowest BCUT2D eigenvalue weighted by Crippen LogP contribution is -2.34. The molecule has 1 amide bonds. The zero-order valence-electron chi connectivity index (χ0n) is 11.9. The lowest BCUT2D eigenvalue weighted by Gasteiger charge is -2.13. The minimum absolute atomic E-state index is 0.263. The second kappa shape index (κ2) is 7.70. The highest BCUT2D eigenvalue weighted by atomic mass is 79.9. The summed E-state index contributed by atoms with van der Waals surface area (Å²) in [7, 11) is 0. The van der Waals surface area contributed by atoms with Crippen LogP contribution in [0.25, 0.3) is 0 Å². The van der Waals surface area contributed by atoms with Crippen LogP contribution in [0.2, 0.25) is 0 Å². The van der Waals surface area contributed by atoms with Crippen molar-refractivity contribution in [2.75, 3.05) is 5.32 Å². The van der Waals surface area contributed by atoms with Crippen LogP contribution in [0.5, 0.6) is 0 Å². The van der Waals surface area contributed by atoms with Gasteiger partial charge in [-0.05, 0) is 48.9 Å². The maximum Gasteiger partial charge on any atom is 0.262 e. The molecule has 1 unspecified atom stereocenters. The minimum atomic E-state index is -0.438. The molecule has 2 rings (SSSR count). The van der Waals surface area contributed by atoms with E-state index in [0.717, 1.165) is 10.2 Å². The highest BCUT2D eigenvalue weighted by molar-refractivity contribution is 9.10. The average molecular weight is 364 g/mol. The lowest BCUT2D eigenvalue weighted by molar-refractivity contribution is -0.121. The van der Waals surface area contributed by atoms with Gasteiger partial charge in [0.15, 0.2) is 0 Å². The fraction of sp³-hybridized carbons (Fsp3) is 0.125. The molecule has 0 saturated carbocycles.